The fourth-order valence-electron chi connectivity index (χ4n) is 3.89. The molecule has 0 aliphatic rings. The highest BCUT2D eigenvalue weighted by Gasteiger charge is 2.14. The second-order valence-corrected chi connectivity index (χ2v) is 9.04. The summed E-state index contributed by atoms with van der Waals surface area (Å²) in [6.45, 7) is 2.37. The van der Waals surface area contributed by atoms with Gasteiger partial charge < -0.3 is 25.8 Å². The average molecular weight is 542 g/mol. The Morgan fingerprint density at radius 2 is 1.48 bits per heavy atom. The van der Waals surface area contributed by atoms with Gasteiger partial charge in [-0.25, -0.2) is 4.79 Å². The first-order valence-electron chi connectivity index (χ1n) is 12.8. The molecule has 0 saturated heterocycles. The molecule has 0 radical (unpaired) electrons. The predicted octanol–water partition coefficient (Wildman–Crippen LogP) is 5.85. The number of methoxy groups -OCH3 is 1. The number of aliphatic carboxylic acids is 1. The van der Waals surface area contributed by atoms with E-state index in [1.807, 2.05) is 61.5 Å². The van der Waals surface area contributed by atoms with Crippen LogP contribution < -0.4 is 26.0 Å². The number of nitrogens with one attached hydrogen (secondary N) is 4. The highest BCUT2D eigenvalue weighted by Crippen LogP contribution is 2.29. The molecule has 1 atom stereocenters. The van der Waals surface area contributed by atoms with E-state index in [-0.39, 0.29) is 30.2 Å². The maximum atomic E-state index is 12.8. The number of urea groups is 1. The van der Waals surface area contributed by atoms with Gasteiger partial charge in [-0.3, -0.25) is 10.1 Å². The summed E-state index contributed by atoms with van der Waals surface area (Å²) in [5.41, 5.74) is 3.21. The summed E-state index contributed by atoms with van der Waals surface area (Å²) in [5.74, 6) is 0.168. The van der Waals surface area contributed by atoms with E-state index in [0.717, 1.165) is 16.8 Å². The summed E-state index contributed by atoms with van der Waals surface area (Å²) in [4.78, 5) is 37.0. The first kappa shape index (κ1) is 27.8. The number of carboxylic acids is 1. The zero-order chi connectivity index (χ0) is 28.3. The van der Waals surface area contributed by atoms with Crippen LogP contribution >= 0.6 is 0 Å². The van der Waals surface area contributed by atoms with Crippen molar-refractivity contribution in [1.29, 1.82) is 0 Å². The largest absolute Gasteiger partial charge is 0.495 e. The third-order valence-electron chi connectivity index (χ3n) is 5.93. The second kappa shape index (κ2) is 13.6. The predicted molar refractivity (Wildman–Crippen MR) is 155 cm³/mol. The highest BCUT2D eigenvalue weighted by atomic mass is 16.5. The number of anilines is 5. The first-order chi connectivity index (χ1) is 19.4. The van der Waals surface area contributed by atoms with Crippen molar-refractivity contribution in [3.63, 3.8) is 0 Å². The van der Waals surface area contributed by atoms with E-state index in [1.54, 1.807) is 24.3 Å². The van der Waals surface area contributed by atoms with E-state index in [1.165, 1.54) is 7.11 Å². The number of amides is 2. The lowest BCUT2D eigenvalue weighted by Gasteiger charge is -2.15. The Morgan fingerprint density at radius 3 is 2.23 bits per heavy atom. The number of hydrogen-bond donors (Lipinski definition) is 5. The van der Waals surface area contributed by atoms with E-state index >= 15 is 0 Å². The van der Waals surface area contributed by atoms with Crippen molar-refractivity contribution in [2.24, 2.45) is 5.92 Å². The van der Waals surface area contributed by atoms with Gasteiger partial charge in [0.05, 0.1) is 12.8 Å². The second-order valence-electron chi connectivity index (χ2n) is 9.04. The number of rotatable bonds is 12. The van der Waals surface area contributed by atoms with Gasteiger partial charge in [0.1, 0.15) is 5.75 Å². The van der Waals surface area contributed by atoms with Gasteiger partial charge in [-0.2, -0.15) is 15.0 Å². The van der Waals surface area contributed by atoms with E-state index in [0.29, 0.717) is 24.4 Å². The lowest BCUT2D eigenvalue weighted by molar-refractivity contribution is -0.137. The molecule has 0 saturated carbocycles. The van der Waals surface area contributed by atoms with Gasteiger partial charge in [-0.15, -0.1) is 0 Å². The van der Waals surface area contributed by atoms with E-state index in [2.05, 4.69) is 36.2 Å². The molecule has 0 aliphatic heterocycles. The van der Waals surface area contributed by atoms with Crippen LogP contribution in [0.3, 0.4) is 0 Å². The van der Waals surface area contributed by atoms with Crippen molar-refractivity contribution < 1.29 is 19.4 Å². The topological polar surface area (TPSA) is 150 Å². The number of para-hydroxylation sites is 3. The summed E-state index contributed by atoms with van der Waals surface area (Å²) in [6, 6.07) is 24.1. The molecule has 0 aliphatic carbocycles. The SMILES string of the molecule is COc1ccccc1NC(=O)Nc1nc(NCC(C)CCC(=O)O)nc(Nc2ccccc2-c2ccccc2)n1. The standard InChI is InChI=1S/C29H31N7O4/c1-19(16-17-25(37)38)18-30-26-33-27(31-22-13-7-6-12-21(22)20-10-4-3-5-11-20)35-28(34-26)36-29(39)32-23-14-8-9-15-24(23)40-2/h3-15,19H,16-18H2,1-2H3,(H,37,38)(H4,30,31,32,33,34,35,36,39). The molecule has 1 heterocycles. The Kier molecular flexibility index (Phi) is 9.44. The quantitative estimate of drug-likeness (QED) is 0.149. The van der Waals surface area contributed by atoms with Crippen LogP contribution in [0.15, 0.2) is 78.9 Å². The molecule has 11 heteroatoms. The Balaban J connectivity index is 1.58. The molecule has 3 aromatic carbocycles. The van der Waals surface area contributed by atoms with Gasteiger partial charge in [0.25, 0.3) is 0 Å². The maximum absolute atomic E-state index is 12.8. The highest BCUT2D eigenvalue weighted by molar-refractivity contribution is 5.99. The van der Waals surface area contributed by atoms with Crippen molar-refractivity contribution in [2.75, 3.05) is 34.9 Å². The van der Waals surface area contributed by atoms with Crippen LogP contribution in [0.5, 0.6) is 5.75 Å². The number of ether oxygens (including phenoxy) is 1. The van der Waals surface area contributed by atoms with Gasteiger partial charge in [0.15, 0.2) is 0 Å². The molecule has 11 nitrogen and oxygen atoms in total. The Hall–Kier alpha value is -5.19. The summed E-state index contributed by atoms with van der Waals surface area (Å²) in [7, 11) is 1.52. The van der Waals surface area contributed by atoms with Crippen LogP contribution in [0.4, 0.5) is 34.0 Å². The Morgan fingerprint density at radius 1 is 0.825 bits per heavy atom. The van der Waals surface area contributed by atoms with Gasteiger partial charge in [0, 0.05) is 24.2 Å². The molecule has 4 rings (SSSR count). The fourth-order valence-corrected chi connectivity index (χ4v) is 3.89. The zero-order valence-electron chi connectivity index (χ0n) is 22.2. The number of hydrogen-bond acceptors (Lipinski definition) is 8. The first-order valence-corrected chi connectivity index (χ1v) is 12.8. The molecular weight excluding hydrogens is 510 g/mol. The smallest absolute Gasteiger partial charge is 0.326 e. The molecule has 4 aromatic rings. The number of carbonyl (C=O) groups excluding carboxylic acids is 1. The molecule has 0 bridgehead atoms. The maximum Gasteiger partial charge on any atom is 0.326 e. The van der Waals surface area contributed by atoms with Crippen molar-refractivity contribution in [1.82, 2.24) is 15.0 Å². The van der Waals surface area contributed by atoms with Crippen LogP contribution in [-0.4, -0.2) is 45.7 Å². The monoisotopic (exact) mass is 541 g/mol. The van der Waals surface area contributed by atoms with Crippen LogP contribution in [0.1, 0.15) is 19.8 Å². The van der Waals surface area contributed by atoms with Gasteiger partial charge >= 0.3 is 12.0 Å². The van der Waals surface area contributed by atoms with Crippen LogP contribution in [-0.2, 0) is 4.79 Å². The molecule has 0 spiro atoms. The average Bonchev–Trinajstić information content (AvgIpc) is 2.96. The van der Waals surface area contributed by atoms with Crippen LogP contribution in [0.25, 0.3) is 11.1 Å². The van der Waals surface area contributed by atoms with Gasteiger partial charge in [-0.05, 0) is 36.1 Å². The minimum absolute atomic E-state index is 0.0165. The molecule has 206 valence electrons. The number of carbonyl (C=O) groups is 2. The molecule has 5 N–H and O–H groups in total. The number of aromatic nitrogens is 3. The minimum atomic E-state index is -0.844. The number of benzene rings is 3. The number of carboxylic acid groups (broad SMARTS) is 1. The number of nitrogens with zero attached hydrogens (tertiary/aromatic N) is 3. The van der Waals surface area contributed by atoms with Crippen molar-refractivity contribution in [2.45, 2.75) is 19.8 Å². The zero-order valence-corrected chi connectivity index (χ0v) is 22.2. The Bertz CT molecular complexity index is 1450. The minimum Gasteiger partial charge on any atom is -0.495 e. The third kappa shape index (κ3) is 7.90. The lowest BCUT2D eigenvalue weighted by Crippen LogP contribution is -2.22. The van der Waals surface area contributed by atoms with Crippen molar-refractivity contribution in [3.8, 4) is 16.9 Å². The van der Waals surface area contributed by atoms with E-state index in [9.17, 15) is 9.59 Å². The molecule has 40 heavy (non-hydrogen) atoms. The molecule has 1 aromatic heterocycles. The lowest BCUT2D eigenvalue weighted by atomic mass is 10.0. The van der Waals surface area contributed by atoms with Crippen LogP contribution in [0, 0.1) is 5.92 Å². The fraction of sp³-hybridized carbons (Fsp3) is 0.207. The van der Waals surface area contributed by atoms with Crippen molar-refractivity contribution in [3.05, 3.63) is 78.9 Å². The molecule has 0 fully saturated rings. The molecule has 2 amide bonds. The Labute approximate surface area is 232 Å². The van der Waals surface area contributed by atoms with E-state index in [4.69, 9.17) is 9.84 Å². The molecular formula is C29H31N7O4. The van der Waals surface area contributed by atoms with Gasteiger partial charge in [0.2, 0.25) is 17.8 Å². The molecule has 1 unspecified atom stereocenters. The summed E-state index contributed by atoms with van der Waals surface area (Å²) < 4.78 is 5.30. The summed E-state index contributed by atoms with van der Waals surface area (Å²) in [5, 5.41) is 20.7. The third-order valence-corrected chi connectivity index (χ3v) is 5.93. The van der Waals surface area contributed by atoms with Crippen molar-refractivity contribution >= 4 is 41.2 Å². The normalized spacial score (nSPS) is 11.2. The van der Waals surface area contributed by atoms with E-state index < -0.39 is 12.0 Å². The summed E-state index contributed by atoms with van der Waals surface area (Å²) >= 11 is 0. The summed E-state index contributed by atoms with van der Waals surface area (Å²) in [6.07, 6.45) is 0.564. The van der Waals surface area contributed by atoms with Crippen LogP contribution in [0.2, 0.25) is 0 Å². The van der Waals surface area contributed by atoms with Gasteiger partial charge in [-0.1, -0.05) is 67.6 Å².